The lowest BCUT2D eigenvalue weighted by atomic mass is 10.2. The number of rotatable bonds is 7. The van der Waals surface area contributed by atoms with Gasteiger partial charge in [0.15, 0.2) is 6.10 Å². The molecule has 1 aromatic rings. The summed E-state index contributed by atoms with van der Waals surface area (Å²) in [5.41, 5.74) is 0.217. The lowest BCUT2D eigenvalue weighted by molar-refractivity contribution is -0.158. The monoisotopic (exact) mass is 338 g/mol. The van der Waals surface area contributed by atoms with E-state index in [1.807, 2.05) is 13.8 Å². The van der Waals surface area contributed by atoms with Crippen LogP contribution >= 0.6 is 0 Å². The predicted octanol–water partition coefficient (Wildman–Crippen LogP) is 3.11. The molecular formula is C17H22O7. The van der Waals surface area contributed by atoms with E-state index in [-0.39, 0.29) is 17.4 Å². The van der Waals surface area contributed by atoms with E-state index in [1.165, 1.54) is 38.3 Å². The molecule has 0 radical (unpaired) electrons. The van der Waals surface area contributed by atoms with Crippen LogP contribution in [0.5, 0.6) is 5.75 Å². The SMILES string of the molecule is CCC(CC)OC(=O)[C@H](C)OC(=O)c1ccc(OC(=O)OC)cc1. The minimum absolute atomic E-state index is 0.187. The van der Waals surface area contributed by atoms with Gasteiger partial charge < -0.3 is 18.9 Å². The van der Waals surface area contributed by atoms with Crippen LogP contribution in [0.25, 0.3) is 0 Å². The Morgan fingerprint density at radius 1 is 1.00 bits per heavy atom. The minimum atomic E-state index is -1.01. The van der Waals surface area contributed by atoms with E-state index in [4.69, 9.17) is 14.2 Å². The van der Waals surface area contributed by atoms with Crippen molar-refractivity contribution in [1.82, 2.24) is 0 Å². The van der Waals surface area contributed by atoms with Crippen molar-refractivity contribution in [2.45, 2.75) is 45.8 Å². The maximum Gasteiger partial charge on any atom is 0.513 e. The maximum atomic E-state index is 12.0. The molecule has 0 spiro atoms. The van der Waals surface area contributed by atoms with Gasteiger partial charge in [-0.05, 0) is 44.0 Å². The second-order valence-electron chi connectivity index (χ2n) is 5.00. The molecule has 0 aliphatic heterocycles. The summed E-state index contributed by atoms with van der Waals surface area (Å²) in [7, 11) is 1.19. The number of benzene rings is 1. The summed E-state index contributed by atoms with van der Waals surface area (Å²) in [4.78, 5) is 34.9. The third kappa shape index (κ3) is 5.91. The molecule has 0 fully saturated rings. The number of esters is 2. The number of carbonyl (C=O) groups is 3. The van der Waals surface area contributed by atoms with Crippen LogP contribution < -0.4 is 4.74 Å². The second kappa shape index (κ2) is 9.54. The Kier molecular flexibility index (Phi) is 7.74. The van der Waals surface area contributed by atoms with Crippen molar-refractivity contribution in [2.24, 2.45) is 0 Å². The molecule has 0 aliphatic rings. The molecule has 0 aromatic heterocycles. The second-order valence-corrected chi connectivity index (χ2v) is 5.00. The van der Waals surface area contributed by atoms with E-state index < -0.39 is 24.2 Å². The van der Waals surface area contributed by atoms with Gasteiger partial charge in [0, 0.05) is 0 Å². The molecule has 0 heterocycles. The molecule has 1 atom stereocenters. The van der Waals surface area contributed by atoms with E-state index in [0.29, 0.717) is 12.8 Å². The van der Waals surface area contributed by atoms with Gasteiger partial charge in [-0.1, -0.05) is 13.8 Å². The largest absolute Gasteiger partial charge is 0.513 e. The predicted molar refractivity (Wildman–Crippen MR) is 84.8 cm³/mol. The Morgan fingerprint density at radius 2 is 1.58 bits per heavy atom. The first kappa shape index (κ1) is 19.5. The van der Waals surface area contributed by atoms with Gasteiger partial charge in [-0.15, -0.1) is 0 Å². The fourth-order valence-corrected chi connectivity index (χ4v) is 1.79. The Bertz CT molecular complexity index is 561. The normalized spacial score (nSPS) is 11.5. The van der Waals surface area contributed by atoms with Crippen molar-refractivity contribution >= 4 is 18.1 Å². The van der Waals surface area contributed by atoms with Gasteiger partial charge in [0.1, 0.15) is 11.9 Å². The van der Waals surface area contributed by atoms with E-state index in [2.05, 4.69) is 4.74 Å². The highest BCUT2D eigenvalue weighted by Gasteiger charge is 2.22. The van der Waals surface area contributed by atoms with Crippen molar-refractivity contribution < 1.29 is 33.3 Å². The summed E-state index contributed by atoms with van der Waals surface area (Å²) < 4.78 is 19.5. The minimum Gasteiger partial charge on any atom is -0.460 e. The van der Waals surface area contributed by atoms with Gasteiger partial charge in [-0.25, -0.2) is 14.4 Å². The van der Waals surface area contributed by atoms with Gasteiger partial charge in [-0.2, -0.15) is 0 Å². The van der Waals surface area contributed by atoms with E-state index in [1.54, 1.807) is 0 Å². The Morgan fingerprint density at radius 3 is 2.08 bits per heavy atom. The number of hydrogen-bond donors (Lipinski definition) is 0. The molecule has 0 saturated carbocycles. The van der Waals surface area contributed by atoms with E-state index in [9.17, 15) is 14.4 Å². The fourth-order valence-electron chi connectivity index (χ4n) is 1.79. The number of hydrogen-bond acceptors (Lipinski definition) is 7. The first-order valence-electron chi connectivity index (χ1n) is 7.68. The molecule has 0 aliphatic carbocycles. The molecule has 132 valence electrons. The van der Waals surface area contributed by atoms with Crippen molar-refractivity contribution in [3.05, 3.63) is 29.8 Å². The van der Waals surface area contributed by atoms with Crippen LogP contribution in [-0.2, 0) is 19.0 Å². The number of carbonyl (C=O) groups excluding carboxylic acids is 3. The molecule has 1 rings (SSSR count). The zero-order valence-corrected chi connectivity index (χ0v) is 14.2. The highest BCUT2D eigenvalue weighted by Crippen LogP contribution is 2.15. The molecule has 0 bridgehead atoms. The highest BCUT2D eigenvalue weighted by atomic mass is 16.7. The number of methoxy groups -OCH3 is 1. The summed E-state index contributed by atoms with van der Waals surface area (Å²) >= 11 is 0. The topological polar surface area (TPSA) is 88.1 Å². The van der Waals surface area contributed by atoms with Crippen molar-refractivity contribution in [1.29, 1.82) is 0 Å². The average molecular weight is 338 g/mol. The van der Waals surface area contributed by atoms with Gasteiger partial charge in [0.2, 0.25) is 0 Å². The maximum absolute atomic E-state index is 12.0. The zero-order valence-electron chi connectivity index (χ0n) is 14.2. The van der Waals surface area contributed by atoms with Crippen LogP contribution in [0.3, 0.4) is 0 Å². The Balaban J connectivity index is 2.60. The molecular weight excluding hydrogens is 316 g/mol. The zero-order chi connectivity index (χ0) is 18.1. The fraction of sp³-hybridized carbons (Fsp3) is 0.471. The molecule has 0 amide bonds. The summed E-state index contributed by atoms with van der Waals surface area (Å²) in [5, 5.41) is 0. The van der Waals surface area contributed by atoms with Crippen molar-refractivity contribution in [3.8, 4) is 5.75 Å². The summed E-state index contributed by atoms with van der Waals surface area (Å²) in [6.07, 6.45) is -0.657. The average Bonchev–Trinajstić information content (AvgIpc) is 2.59. The van der Waals surface area contributed by atoms with Crippen LogP contribution in [0.4, 0.5) is 4.79 Å². The van der Waals surface area contributed by atoms with Crippen molar-refractivity contribution in [2.75, 3.05) is 7.11 Å². The van der Waals surface area contributed by atoms with Gasteiger partial charge in [0.25, 0.3) is 0 Å². The van der Waals surface area contributed by atoms with E-state index >= 15 is 0 Å². The third-order valence-corrected chi connectivity index (χ3v) is 3.27. The molecule has 7 nitrogen and oxygen atoms in total. The van der Waals surface area contributed by atoms with Crippen LogP contribution in [0.1, 0.15) is 44.0 Å². The molecule has 7 heteroatoms. The molecule has 0 saturated heterocycles. The van der Waals surface area contributed by atoms with Crippen molar-refractivity contribution in [3.63, 3.8) is 0 Å². The Labute approximate surface area is 140 Å². The summed E-state index contributed by atoms with van der Waals surface area (Å²) in [5.74, 6) is -1.03. The molecule has 0 unspecified atom stereocenters. The molecule has 1 aromatic carbocycles. The van der Waals surface area contributed by atoms with Crippen LogP contribution in [-0.4, -0.2) is 37.4 Å². The third-order valence-electron chi connectivity index (χ3n) is 3.27. The quantitative estimate of drug-likeness (QED) is 0.429. The van der Waals surface area contributed by atoms with Crippen LogP contribution in [0.15, 0.2) is 24.3 Å². The van der Waals surface area contributed by atoms with Gasteiger partial charge >= 0.3 is 18.1 Å². The number of ether oxygens (including phenoxy) is 4. The van der Waals surface area contributed by atoms with Gasteiger partial charge in [0.05, 0.1) is 12.7 Å². The first-order chi connectivity index (χ1) is 11.4. The Hall–Kier alpha value is -2.57. The van der Waals surface area contributed by atoms with Crippen LogP contribution in [0, 0.1) is 0 Å². The summed E-state index contributed by atoms with van der Waals surface area (Å²) in [6.45, 7) is 5.28. The van der Waals surface area contributed by atoms with Crippen LogP contribution in [0.2, 0.25) is 0 Å². The highest BCUT2D eigenvalue weighted by molar-refractivity contribution is 5.91. The van der Waals surface area contributed by atoms with E-state index in [0.717, 1.165) is 0 Å². The first-order valence-corrected chi connectivity index (χ1v) is 7.68. The standard InChI is InChI=1S/C17H22O7/c1-5-13(6-2)23-15(18)11(3)22-16(19)12-7-9-14(10-8-12)24-17(20)21-4/h7-11,13H,5-6H2,1-4H3/t11-/m0/s1. The van der Waals surface area contributed by atoms with Gasteiger partial charge in [-0.3, -0.25) is 0 Å². The smallest absolute Gasteiger partial charge is 0.460 e. The lowest BCUT2D eigenvalue weighted by Crippen LogP contribution is -2.29. The molecule has 24 heavy (non-hydrogen) atoms. The summed E-state index contributed by atoms with van der Waals surface area (Å²) in [6, 6.07) is 5.67. The molecule has 0 N–H and O–H groups in total. The lowest BCUT2D eigenvalue weighted by Gasteiger charge is -2.18.